The Morgan fingerprint density at radius 3 is 2.29 bits per heavy atom. The molecule has 0 spiro atoms. The summed E-state index contributed by atoms with van der Waals surface area (Å²) < 4.78 is 87.1. The van der Waals surface area contributed by atoms with Crippen LogP contribution in [0.5, 0.6) is 0 Å². The number of benzene rings is 2. The van der Waals surface area contributed by atoms with Crippen LogP contribution in [0.25, 0.3) is 16.7 Å². The fraction of sp³-hybridized carbons (Fsp3) is 0.269. The molecule has 15 heteroatoms. The second-order valence-electron chi connectivity index (χ2n) is 9.43. The normalized spacial score (nSPS) is 13.1. The number of furan rings is 1. The van der Waals surface area contributed by atoms with Crippen molar-refractivity contribution >= 4 is 26.9 Å². The van der Waals surface area contributed by atoms with Crippen LogP contribution >= 0.6 is 0 Å². The van der Waals surface area contributed by atoms with Crippen molar-refractivity contribution in [3.05, 3.63) is 92.5 Å². The minimum absolute atomic E-state index is 0.0526. The summed E-state index contributed by atoms with van der Waals surface area (Å²) in [7, 11) is -4.34. The van der Waals surface area contributed by atoms with Crippen LogP contribution in [0.1, 0.15) is 37.9 Å². The van der Waals surface area contributed by atoms with Crippen molar-refractivity contribution in [1.82, 2.24) is 19.2 Å². The number of alkyl halides is 3. The third kappa shape index (κ3) is 6.25. The molecule has 2 N–H and O–H groups in total. The number of nitrogens with zero attached hydrogens (tertiary/aromatic N) is 2. The van der Waals surface area contributed by atoms with E-state index in [1.54, 1.807) is 13.8 Å². The fourth-order valence-electron chi connectivity index (χ4n) is 4.00. The number of carbonyl (C=O) groups excluding carboxylic acids is 1. The van der Waals surface area contributed by atoms with Crippen molar-refractivity contribution in [3.63, 3.8) is 0 Å². The van der Waals surface area contributed by atoms with E-state index in [1.165, 1.54) is 13.0 Å². The first-order chi connectivity index (χ1) is 19.1. The summed E-state index contributed by atoms with van der Waals surface area (Å²) in [6.45, 7) is 3.93. The average molecular weight is 597 g/mol. The number of rotatable bonds is 8. The Balaban J connectivity index is 1.56. The van der Waals surface area contributed by atoms with Crippen LogP contribution in [-0.2, 0) is 27.5 Å². The van der Waals surface area contributed by atoms with Gasteiger partial charge in [-0.2, -0.15) is 17.9 Å². The minimum Gasteiger partial charge on any atom is -0.443 e. The van der Waals surface area contributed by atoms with E-state index in [4.69, 9.17) is 4.42 Å². The zero-order valence-corrected chi connectivity index (χ0v) is 22.6. The molecule has 218 valence electrons. The summed E-state index contributed by atoms with van der Waals surface area (Å²) in [4.78, 5) is 38.7. The minimum atomic E-state index is -4.59. The number of fused-ring (bicyclic) bond motifs is 1. The van der Waals surface area contributed by atoms with Gasteiger partial charge in [0.25, 0.3) is 15.6 Å². The maximum atomic E-state index is 13.4. The van der Waals surface area contributed by atoms with E-state index in [9.17, 15) is 40.4 Å². The molecule has 10 nitrogen and oxygen atoms in total. The zero-order chi connectivity index (χ0) is 30.3. The second kappa shape index (κ2) is 11.0. The van der Waals surface area contributed by atoms with Gasteiger partial charge < -0.3 is 9.73 Å². The first-order valence-corrected chi connectivity index (χ1v) is 13.6. The number of amides is 1. The van der Waals surface area contributed by atoms with Crippen molar-refractivity contribution in [1.29, 1.82) is 0 Å². The predicted molar refractivity (Wildman–Crippen MR) is 139 cm³/mol. The lowest BCUT2D eigenvalue weighted by Crippen LogP contribution is -2.46. The predicted octanol–water partition coefficient (Wildman–Crippen LogP) is 3.47. The van der Waals surface area contributed by atoms with Gasteiger partial charge in [-0.05, 0) is 63.2 Å². The lowest BCUT2D eigenvalue weighted by molar-refractivity contribution is -0.137. The molecule has 4 aromatic rings. The number of hydrogen-bond donors (Lipinski definition) is 2. The molecule has 2 aromatic carbocycles. The summed E-state index contributed by atoms with van der Waals surface area (Å²) in [5.41, 5.74) is -2.38. The van der Waals surface area contributed by atoms with Gasteiger partial charge in [0.15, 0.2) is 0 Å². The Morgan fingerprint density at radius 1 is 1.02 bits per heavy atom. The standard InChI is InChI=1S/C26H24F4N4O6S/c1-14(2)34-24(36)17(13-33(25(34)37)20-7-4-18(5-8-20)26(28,29)30)12-31-23(35)15(3)32-41(38,39)22-11-16-10-19(27)6-9-21(16)40-22/h4-11,13-15,32H,12H2,1-3H3,(H,31,35)/t15-/m0/s1. The van der Waals surface area contributed by atoms with Crippen LogP contribution < -0.4 is 21.3 Å². The molecule has 0 bridgehead atoms. The molecule has 0 unspecified atom stereocenters. The summed E-state index contributed by atoms with van der Waals surface area (Å²) in [6.07, 6.45) is -3.48. The van der Waals surface area contributed by atoms with Gasteiger partial charge in [-0.1, -0.05) is 0 Å². The molecule has 0 fully saturated rings. The molecule has 1 amide bonds. The van der Waals surface area contributed by atoms with Gasteiger partial charge >= 0.3 is 11.9 Å². The molecule has 0 radical (unpaired) electrons. The number of carbonyl (C=O) groups is 1. The van der Waals surface area contributed by atoms with Gasteiger partial charge in [-0.25, -0.2) is 17.6 Å². The van der Waals surface area contributed by atoms with E-state index in [0.717, 1.165) is 57.8 Å². The maximum Gasteiger partial charge on any atom is 0.416 e. The van der Waals surface area contributed by atoms with Gasteiger partial charge in [-0.15, -0.1) is 0 Å². The lowest BCUT2D eigenvalue weighted by Gasteiger charge is -2.17. The summed E-state index contributed by atoms with van der Waals surface area (Å²) in [6, 6.07) is 6.30. The molecular formula is C26H24F4N4O6S. The molecule has 0 saturated carbocycles. The second-order valence-corrected chi connectivity index (χ2v) is 11.1. The van der Waals surface area contributed by atoms with Gasteiger partial charge in [0.05, 0.1) is 22.9 Å². The molecule has 0 aliphatic carbocycles. The largest absolute Gasteiger partial charge is 0.443 e. The number of aromatic nitrogens is 2. The molecule has 2 heterocycles. The average Bonchev–Trinajstić information content (AvgIpc) is 3.31. The van der Waals surface area contributed by atoms with Crippen LogP contribution in [0.2, 0.25) is 0 Å². The zero-order valence-electron chi connectivity index (χ0n) is 21.8. The molecule has 2 aromatic heterocycles. The third-order valence-electron chi connectivity index (χ3n) is 6.08. The van der Waals surface area contributed by atoms with Crippen molar-refractivity contribution in [2.45, 2.75) is 50.7 Å². The molecule has 0 aliphatic rings. The first-order valence-electron chi connectivity index (χ1n) is 12.1. The Morgan fingerprint density at radius 2 is 1.68 bits per heavy atom. The maximum absolute atomic E-state index is 13.4. The van der Waals surface area contributed by atoms with Crippen molar-refractivity contribution < 1.29 is 35.2 Å². The number of hydrogen-bond acceptors (Lipinski definition) is 6. The molecule has 0 saturated heterocycles. The van der Waals surface area contributed by atoms with Crippen LogP contribution in [0, 0.1) is 5.82 Å². The Bertz CT molecular complexity index is 1840. The van der Waals surface area contributed by atoms with E-state index in [-0.39, 0.29) is 22.2 Å². The van der Waals surface area contributed by atoms with E-state index in [0.29, 0.717) is 0 Å². The summed E-state index contributed by atoms with van der Waals surface area (Å²) in [5, 5.41) is 2.08. The highest BCUT2D eigenvalue weighted by Crippen LogP contribution is 2.29. The Labute approximate surface area is 230 Å². The molecule has 4 rings (SSSR count). The molecule has 0 aliphatic heterocycles. The fourth-order valence-corrected chi connectivity index (χ4v) is 5.17. The van der Waals surface area contributed by atoms with Crippen LogP contribution in [-0.4, -0.2) is 29.5 Å². The number of halogens is 4. The van der Waals surface area contributed by atoms with E-state index >= 15 is 0 Å². The van der Waals surface area contributed by atoms with Crippen LogP contribution in [0.3, 0.4) is 0 Å². The van der Waals surface area contributed by atoms with Gasteiger partial charge in [0.2, 0.25) is 11.0 Å². The molecule has 1 atom stereocenters. The molecule has 41 heavy (non-hydrogen) atoms. The van der Waals surface area contributed by atoms with Gasteiger partial charge in [0, 0.05) is 30.2 Å². The highest BCUT2D eigenvalue weighted by atomic mass is 32.2. The monoisotopic (exact) mass is 596 g/mol. The van der Waals surface area contributed by atoms with E-state index in [2.05, 4.69) is 10.0 Å². The Kier molecular flexibility index (Phi) is 7.96. The SMILES string of the molecule is CC(C)n1c(=O)c(CNC(=O)[C@H](C)NS(=O)(=O)c2cc3cc(F)ccc3o2)cn(-c2ccc(C(F)(F)F)cc2)c1=O. The highest BCUT2D eigenvalue weighted by Gasteiger charge is 2.30. The van der Waals surface area contributed by atoms with Gasteiger partial charge in [0.1, 0.15) is 11.4 Å². The molecular weight excluding hydrogens is 572 g/mol. The van der Waals surface area contributed by atoms with Crippen LogP contribution in [0.15, 0.2) is 73.8 Å². The smallest absolute Gasteiger partial charge is 0.416 e. The van der Waals surface area contributed by atoms with E-state index in [1.807, 2.05) is 0 Å². The number of sulfonamides is 1. The van der Waals surface area contributed by atoms with Crippen molar-refractivity contribution in [2.24, 2.45) is 0 Å². The first kappa shape index (κ1) is 29.7. The van der Waals surface area contributed by atoms with Crippen molar-refractivity contribution in [2.75, 3.05) is 0 Å². The third-order valence-corrected chi connectivity index (χ3v) is 7.47. The lowest BCUT2D eigenvalue weighted by atomic mass is 10.2. The van der Waals surface area contributed by atoms with Crippen molar-refractivity contribution in [3.8, 4) is 5.69 Å². The summed E-state index contributed by atoms with van der Waals surface area (Å²) in [5.74, 6) is -1.43. The number of nitrogens with one attached hydrogen (secondary N) is 2. The topological polar surface area (TPSA) is 132 Å². The van der Waals surface area contributed by atoms with E-state index < -0.39 is 68.5 Å². The summed E-state index contributed by atoms with van der Waals surface area (Å²) >= 11 is 0. The highest BCUT2D eigenvalue weighted by molar-refractivity contribution is 7.89. The quantitative estimate of drug-likeness (QED) is 0.300. The van der Waals surface area contributed by atoms with Gasteiger partial charge in [-0.3, -0.25) is 18.7 Å². The Hall–Kier alpha value is -4.24. The van der Waals surface area contributed by atoms with Crippen LogP contribution in [0.4, 0.5) is 17.6 Å².